The first-order valence-electron chi connectivity index (χ1n) is 9.97. The number of hydrogen-bond donors (Lipinski definition) is 0. The fourth-order valence-electron chi connectivity index (χ4n) is 3.40. The SMILES string of the molecule is CCOP(=O)(CCCn1c(=O)c2c(ncn2Cc2ccccc2)n(C)c1=O)OCC. The van der Waals surface area contributed by atoms with Crippen molar-refractivity contribution in [3.8, 4) is 0 Å². The van der Waals surface area contributed by atoms with Crippen molar-refractivity contribution in [2.75, 3.05) is 19.4 Å². The predicted molar refractivity (Wildman–Crippen MR) is 115 cm³/mol. The maximum atomic E-state index is 13.1. The molecule has 0 fully saturated rings. The van der Waals surface area contributed by atoms with Crippen molar-refractivity contribution in [1.29, 1.82) is 0 Å². The number of nitrogens with zero attached hydrogens (tertiary/aromatic N) is 4. The van der Waals surface area contributed by atoms with Crippen molar-refractivity contribution in [3.63, 3.8) is 0 Å². The number of aryl methyl sites for hydroxylation is 1. The van der Waals surface area contributed by atoms with Crippen LogP contribution in [-0.4, -0.2) is 38.1 Å². The van der Waals surface area contributed by atoms with E-state index in [2.05, 4.69) is 4.98 Å². The van der Waals surface area contributed by atoms with E-state index in [-0.39, 0.29) is 25.9 Å². The highest BCUT2D eigenvalue weighted by molar-refractivity contribution is 7.53. The molecule has 0 spiro atoms. The van der Waals surface area contributed by atoms with Crippen molar-refractivity contribution in [3.05, 3.63) is 63.1 Å². The van der Waals surface area contributed by atoms with Crippen LogP contribution in [0, 0.1) is 0 Å². The summed E-state index contributed by atoms with van der Waals surface area (Å²) >= 11 is 0. The molecule has 9 nitrogen and oxygen atoms in total. The van der Waals surface area contributed by atoms with Gasteiger partial charge in [-0.3, -0.25) is 18.5 Å². The summed E-state index contributed by atoms with van der Waals surface area (Å²) in [6.07, 6.45) is 2.01. The first kappa shape index (κ1) is 22.2. The summed E-state index contributed by atoms with van der Waals surface area (Å²) in [5.74, 6) is 0. The summed E-state index contributed by atoms with van der Waals surface area (Å²) in [5.41, 5.74) is 0.848. The molecule has 0 atom stereocenters. The van der Waals surface area contributed by atoms with E-state index in [0.717, 1.165) is 10.1 Å². The average molecular weight is 434 g/mol. The molecule has 2 aromatic heterocycles. The third kappa shape index (κ3) is 4.64. The maximum Gasteiger partial charge on any atom is 0.332 e. The summed E-state index contributed by atoms with van der Waals surface area (Å²) in [6, 6.07) is 9.71. The summed E-state index contributed by atoms with van der Waals surface area (Å²) in [4.78, 5) is 30.1. The first-order chi connectivity index (χ1) is 14.4. The van der Waals surface area contributed by atoms with Gasteiger partial charge in [0, 0.05) is 20.1 Å². The molecule has 3 rings (SSSR count). The lowest BCUT2D eigenvalue weighted by Crippen LogP contribution is -2.40. The van der Waals surface area contributed by atoms with Crippen LogP contribution in [0.25, 0.3) is 11.2 Å². The molecule has 162 valence electrons. The van der Waals surface area contributed by atoms with Gasteiger partial charge < -0.3 is 13.6 Å². The monoisotopic (exact) mass is 434 g/mol. The largest absolute Gasteiger partial charge is 0.332 e. The first-order valence-corrected chi connectivity index (χ1v) is 11.7. The minimum Gasteiger partial charge on any atom is -0.320 e. The molecule has 0 bridgehead atoms. The zero-order chi connectivity index (χ0) is 21.7. The van der Waals surface area contributed by atoms with Gasteiger partial charge in [0.15, 0.2) is 11.2 Å². The van der Waals surface area contributed by atoms with Crippen LogP contribution in [-0.2, 0) is 33.7 Å². The van der Waals surface area contributed by atoms with Crippen LogP contribution in [0.15, 0.2) is 46.2 Å². The summed E-state index contributed by atoms with van der Waals surface area (Å²) in [6.45, 7) is 4.60. The quantitative estimate of drug-likeness (QED) is 0.455. The number of fused-ring (bicyclic) bond motifs is 1. The van der Waals surface area contributed by atoms with Gasteiger partial charge in [0.1, 0.15) is 0 Å². The van der Waals surface area contributed by atoms with Gasteiger partial charge in [-0.1, -0.05) is 30.3 Å². The molecule has 0 aliphatic heterocycles. The number of aromatic nitrogens is 4. The summed E-state index contributed by atoms with van der Waals surface area (Å²) < 4.78 is 27.5. The minimum atomic E-state index is -3.23. The highest BCUT2D eigenvalue weighted by Gasteiger charge is 2.23. The van der Waals surface area contributed by atoms with Crippen molar-refractivity contribution < 1.29 is 13.6 Å². The van der Waals surface area contributed by atoms with Gasteiger partial charge in [0.2, 0.25) is 0 Å². The van der Waals surface area contributed by atoms with E-state index in [0.29, 0.717) is 24.1 Å². The molecule has 0 saturated heterocycles. The molecule has 0 radical (unpaired) electrons. The van der Waals surface area contributed by atoms with E-state index in [9.17, 15) is 14.2 Å². The Bertz CT molecular complexity index is 1160. The highest BCUT2D eigenvalue weighted by atomic mass is 31.2. The van der Waals surface area contributed by atoms with Crippen LogP contribution in [0.2, 0.25) is 0 Å². The standard InChI is InChI=1S/C20H27N4O5P/c1-4-28-30(27,29-5-2)13-9-12-24-19(25)17-18(22(3)20(24)26)21-15-23(17)14-16-10-7-6-8-11-16/h6-8,10-11,15H,4-5,9,12-14H2,1-3H3. The Morgan fingerprint density at radius 1 is 1.07 bits per heavy atom. The normalized spacial score (nSPS) is 12.0. The molecule has 30 heavy (non-hydrogen) atoms. The maximum absolute atomic E-state index is 13.1. The van der Waals surface area contributed by atoms with Gasteiger partial charge in [0.25, 0.3) is 5.56 Å². The Kier molecular flexibility index (Phi) is 7.07. The van der Waals surface area contributed by atoms with Gasteiger partial charge in [0.05, 0.1) is 25.7 Å². The molecule has 1 aromatic carbocycles. The lowest BCUT2D eigenvalue weighted by Gasteiger charge is -2.17. The predicted octanol–water partition coefficient (Wildman–Crippen LogP) is 2.60. The topological polar surface area (TPSA) is 97.4 Å². The fraction of sp³-hybridized carbons (Fsp3) is 0.450. The van der Waals surface area contributed by atoms with Crippen molar-refractivity contribution in [1.82, 2.24) is 18.7 Å². The highest BCUT2D eigenvalue weighted by Crippen LogP contribution is 2.48. The third-order valence-corrected chi connectivity index (χ3v) is 6.93. The Balaban J connectivity index is 1.91. The van der Waals surface area contributed by atoms with E-state index in [1.54, 1.807) is 31.8 Å². The number of imidazole rings is 1. The molecule has 2 heterocycles. The van der Waals surface area contributed by atoms with E-state index in [4.69, 9.17) is 9.05 Å². The van der Waals surface area contributed by atoms with Crippen LogP contribution >= 0.6 is 7.60 Å². The molecule has 10 heteroatoms. The van der Waals surface area contributed by atoms with Crippen molar-refractivity contribution in [2.45, 2.75) is 33.4 Å². The Labute approximate surface area is 174 Å². The van der Waals surface area contributed by atoms with Gasteiger partial charge in [-0.05, 0) is 25.8 Å². The smallest absolute Gasteiger partial charge is 0.320 e. The fourth-order valence-corrected chi connectivity index (χ4v) is 5.05. The van der Waals surface area contributed by atoms with Gasteiger partial charge in [-0.15, -0.1) is 0 Å². The van der Waals surface area contributed by atoms with Crippen LogP contribution in [0.3, 0.4) is 0 Å². The summed E-state index contributed by atoms with van der Waals surface area (Å²) in [7, 11) is -1.64. The molecule has 0 aliphatic rings. The Morgan fingerprint density at radius 3 is 2.37 bits per heavy atom. The zero-order valence-electron chi connectivity index (χ0n) is 17.5. The van der Waals surface area contributed by atoms with Crippen LogP contribution < -0.4 is 11.2 Å². The van der Waals surface area contributed by atoms with E-state index < -0.39 is 18.8 Å². The number of rotatable bonds is 10. The van der Waals surface area contributed by atoms with E-state index in [1.807, 2.05) is 30.3 Å². The average Bonchev–Trinajstić information content (AvgIpc) is 3.14. The second-order valence-corrected chi connectivity index (χ2v) is 9.04. The zero-order valence-corrected chi connectivity index (χ0v) is 18.4. The third-order valence-electron chi connectivity index (χ3n) is 4.76. The molecule has 0 amide bonds. The van der Waals surface area contributed by atoms with Crippen molar-refractivity contribution >= 4 is 18.8 Å². The summed E-state index contributed by atoms with van der Waals surface area (Å²) in [5, 5.41) is 0. The Morgan fingerprint density at radius 2 is 1.73 bits per heavy atom. The molecular weight excluding hydrogens is 407 g/mol. The Hall–Kier alpha value is -2.48. The molecule has 0 saturated carbocycles. The second-order valence-electron chi connectivity index (χ2n) is 6.85. The molecule has 0 aliphatic carbocycles. The lowest BCUT2D eigenvalue weighted by atomic mass is 10.2. The van der Waals surface area contributed by atoms with Crippen molar-refractivity contribution in [2.24, 2.45) is 7.05 Å². The van der Waals surface area contributed by atoms with Crippen LogP contribution in [0.4, 0.5) is 0 Å². The van der Waals surface area contributed by atoms with Gasteiger partial charge in [-0.25, -0.2) is 9.78 Å². The molecule has 0 unspecified atom stereocenters. The second kappa shape index (κ2) is 9.55. The lowest BCUT2D eigenvalue weighted by molar-refractivity contribution is 0.219. The van der Waals surface area contributed by atoms with Crippen LogP contribution in [0.5, 0.6) is 0 Å². The number of benzene rings is 1. The van der Waals surface area contributed by atoms with Gasteiger partial charge >= 0.3 is 13.3 Å². The molecule has 0 N–H and O–H groups in total. The van der Waals surface area contributed by atoms with Gasteiger partial charge in [-0.2, -0.15) is 0 Å². The minimum absolute atomic E-state index is 0.113. The van der Waals surface area contributed by atoms with E-state index >= 15 is 0 Å². The van der Waals surface area contributed by atoms with E-state index in [1.165, 1.54) is 4.57 Å². The molecule has 3 aromatic rings. The molecular formula is C20H27N4O5P. The number of hydrogen-bond acceptors (Lipinski definition) is 6. The van der Waals surface area contributed by atoms with Crippen LogP contribution in [0.1, 0.15) is 25.8 Å².